The number of fused-ring (bicyclic) bond motifs is 1. The zero-order chi connectivity index (χ0) is 21.3. The van der Waals surface area contributed by atoms with Crippen LogP contribution in [0, 0.1) is 0 Å². The number of nitrogens with zero attached hydrogens (tertiary/aromatic N) is 3. The lowest BCUT2D eigenvalue weighted by molar-refractivity contribution is 0.960. The van der Waals surface area contributed by atoms with E-state index in [0.717, 1.165) is 33.5 Å². The SMILES string of the molecule is c1ccc(-c2cc(Nc3cc(C4CC4)n[nH]3)nc(Sc3ccc4ccccc4c3)n2)cc1. The Morgan fingerprint density at radius 1 is 0.812 bits per heavy atom. The van der Waals surface area contributed by atoms with E-state index in [2.05, 4.69) is 76.2 Å². The third-order valence-corrected chi connectivity index (χ3v) is 6.42. The first-order chi connectivity index (χ1) is 15.8. The smallest absolute Gasteiger partial charge is 0.194 e. The van der Waals surface area contributed by atoms with Gasteiger partial charge in [0.05, 0.1) is 11.4 Å². The number of rotatable bonds is 6. The Morgan fingerprint density at radius 2 is 1.62 bits per heavy atom. The Hall–Kier alpha value is -3.64. The van der Waals surface area contributed by atoms with Crippen molar-refractivity contribution >= 4 is 34.2 Å². The summed E-state index contributed by atoms with van der Waals surface area (Å²) in [5.41, 5.74) is 3.06. The molecule has 0 aliphatic heterocycles. The number of nitrogens with one attached hydrogen (secondary N) is 2. The molecular weight excluding hydrogens is 414 g/mol. The van der Waals surface area contributed by atoms with Gasteiger partial charge in [-0.3, -0.25) is 5.10 Å². The van der Waals surface area contributed by atoms with Crippen molar-refractivity contribution in [1.82, 2.24) is 20.2 Å². The molecule has 2 aromatic heterocycles. The van der Waals surface area contributed by atoms with E-state index in [4.69, 9.17) is 9.97 Å². The van der Waals surface area contributed by atoms with Gasteiger partial charge < -0.3 is 5.32 Å². The van der Waals surface area contributed by atoms with Gasteiger partial charge in [-0.25, -0.2) is 9.97 Å². The van der Waals surface area contributed by atoms with Gasteiger partial charge in [-0.1, -0.05) is 60.7 Å². The van der Waals surface area contributed by atoms with Gasteiger partial charge in [0.25, 0.3) is 0 Å². The minimum atomic E-state index is 0.603. The summed E-state index contributed by atoms with van der Waals surface area (Å²) in [4.78, 5) is 10.8. The van der Waals surface area contributed by atoms with Crippen LogP contribution in [0.5, 0.6) is 0 Å². The number of H-pyrrole nitrogens is 1. The van der Waals surface area contributed by atoms with Crippen molar-refractivity contribution in [3.8, 4) is 11.3 Å². The van der Waals surface area contributed by atoms with E-state index in [-0.39, 0.29) is 0 Å². The monoisotopic (exact) mass is 435 g/mol. The predicted molar refractivity (Wildman–Crippen MR) is 129 cm³/mol. The highest BCUT2D eigenvalue weighted by molar-refractivity contribution is 7.99. The molecule has 3 aromatic carbocycles. The Bertz CT molecular complexity index is 1390. The molecule has 1 aliphatic carbocycles. The Balaban J connectivity index is 1.35. The number of hydrogen-bond donors (Lipinski definition) is 2. The molecular formula is C26H21N5S. The van der Waals surface area contributed by atoms with Crippen LogP contribution in [0.1, 0.15) is 24.5 Å². The Labute approximate surface area is 190 Å². The van der Waals surface area contributed by atoms with E-state index < -0.39 is 0 Å². The van der Waals surface area contributed by atoms with Gasteiger partial charge in [0.1, 0.15) is 11.6 Å². The molecule has 6 rings (SSSR count). The van der Waals surface area contributed by atoms with E-state index in [1.54, 1.807) is 11.8 Å². The summed E-state index contributed by atoms with van der Waals surface area (Å²) in [5.74, 6) is 2.20. The lowest BCUT2D eigenvalue weighted by Crippen LogP contribution is -1.99. The van der Waals surface area contributed by atoms with Crippen molar-refractivity contribution in [1.29, 1.82) is 0 Å². The van der Waals surface area contributed by atoms with Crippen LogP contribution < -0.4 is 5.32 Å². The number of hydrogen-bond acceptors (Lipinski definition) is 5. The van der Waals surface area contributed by atoms with Crippen LogP contribution in [0.2, 0.25) is 0 Å². The molecule has 0 saturated heterocycles. The van der Waals surface area contributed by atoms with E-state index in [1.165, 1.54) is 23.6 Å². The molecule has 32 heavy (non-hydrogen) atoms. The maximum atomic E-state index is 4.85. The largest absolute Gasteiger partial charge is 0.325 e. The minimum Gasteiger partial charge on any atom is -0.325 e. The molecule has 1 fully saturated rings. The van der Waals surface area contributed by atoms with Gasteiger partial charge >= 0.3 is 0 Å². The second kappa shape index (κ2) is 8.13. The first-order valence-electron chi connectivity index (χ1n) is 10.7. The topological polar surface area (TPSA) is 66.5 Å². The summed E-state index contributed by atoms with van der Waals surface area (Å²) >= 11 is 1.57. The van der Waals surface area contributed by atoms with E-state index in [1.807, 2.05) is 24.3 Å². The Morgan fingerprint density at radius 3 is 2.47 bits per heavy atom. The summed E-state index contributed by atoms with van der Waals surface area (Å²) in [6.07, 6.45) is 2.45. The highest BCUT2D eigenvalue weighted by atomic mass is 32.2. The fourth-order valence-corrected chi connectivity index (χ4v) is 4.58. The van der Waals surface area contributed by atoms with Gasteiger partial charge in [-0.15, -0.1) is 0 Å². The minimum absolute atomic E-state index is 0.603. The second-order valence-corrected chi connectivity index (χ2v) is 9.04. The van der Waals surface area contributed by atoms with Crippen molar-refractivity contribution in [2.24, 2.45) is 0 Å². The van der Waals surface area contributed by atoms with Crippen LogP contribution in [0.3, 0.4) is 0 Å². The summed E-state index contributed by atoms with van der Waals surface area (Å²) in [6, 6.07) is 29.1. The van der Waals surface area contributed by atoms with Crippen LogP contribution in [0.25, 0.3) is 22.0 Å². The number of benzene rings is 3. The zero-order valence-corrected chi connectivity index (χ0v) is 18.1. The van der Waals surface area contributed by atoms with E-state index in [9.17, 15) is 0 Å². The summed E-state index contributed by atoms with van der Waals surface area (Å²) < 4.78 is 0. The maximum absolute atomic E-state index is 4.85. The molecule has 5 aromatic rings. The molecule has 2 heterocycles. The molecule has 0 radical (unpaired) electrons. The average molecular weight is 436 g/mol. The summed E-state index contributed by atoms with van der Waals surface area (Å²) in [7, 11) is 0. The van der Waals surface area contributed by atoms with E-state index in [0.29, 0.717) is 11.1 Å². The van der Waals surface area contributed by atoms with Gasteiger partial charge in [-0.2, -0.15) is 5.10 Å². The molecule has 5 nitrogen and oxygen atoms in total. The maximum Gasteiger partial charge on any atom is 0.194 e. The van der Waals surface area contributed by atoms with Gasteiger partial charge in [0.2, 0.25) is 0 Å². The van der Waals surface area contributed by atoms with Crippen molar-refractivity contribution in [3.05, 3.63) is 90.6 Å². The van der Waals surface area contributed by atoms with Crippen LogP contribution >= 0.6 is 11.8 Å². The molecule has 0 atom stereocenters. The lowest BCUT2D eigenvalue weighted by Gasteiger charge is -2.09. The molecule has 0 amide bonds. The second-order valence-electron chi connectivity index (χ2n) is 8.00. The number of aromatic amines is 1. The predicted octanol–water partition coefficient (Wildman–Crippen LogP) is 6.79. The van der Waals surface area contributed by atoms with Gasteiger partial charge in [0, 0.05) is 28.5 Å². The van der Waals surface area contributed by atoms with Crippen molar-refractivity contribution in [2.75, 3.05) is 5.32 Å². The van der Waals surface area contributed by atoms with E-state index >= 15 is 0 Å². The molecule has 156 valence electrons. The molecule has 1 aliphatic rings. The highest BCUT2D eigenvalue weighted by Gasteiger charge is 2.26. The van der Waals surface area contributed by atoms with Crippen LogP contribution in [0.4, 0.5) is 11.6 Å². The third kappa shape index (κ3) is 4.09. The highest BCUT2D eigenvalue weighted by Crippen LogP contribution is 2.40. The zero-order valence-electron chi connectivity index (χ0n) is 17.3. The van der Waals surface area contributed by atoms with Crippen LogP contribution in [0.15, 0.2) is 95.0 Å². The first-order valence-corrected chi connectivity index (χ1v) is 11.6. The molecule has 0 bridgehead atoms. The molecule has 1 saturated carbocycles. The molecule has 0 unspecified atom stereocenters. The van der Waals surface area contributed by atoms with Gasteiger partial charge in [-0.05, 0) is 47.5 Å². The summed E-state index contributed by atoms with van der Waals surface area (Å²) in [5, 5.41) is 14.1. The third-order valence-electron chi connectivity index (χ3n) is 5.56. The number of anilines is 2. The molecule has 0 spiro atoms. The van der Waals surface area contributed by atoms with Crippen molar-refractivity contribution in [3.63, 3.8) is 0 Å². The molecule has 2 N–H and O–H groups in total. The number of aromatic nitrogens is 4. The fourth-order valence-electron chi connectivity index (χ4n) is 3.76. The lowest BCUT2D eigenvalue weighted by atomic mass is 10.1. The van der Waals surface area contributed by atoms with Gasteiger partial charge in [0.15, 0.2) is 5.16 Å². The summed E-state index contributed by atoms with van der Waals surface area (Å²) in [6.45, 7) is 0. The van der Waals surface area contributed by atoms with Crippen LogP contribution in [-0.4, -0.2) is 20.2 Å². The quantitative estimate of drug-likeness (QED) is 0.287. The first kappa shape index (κ1) is 19.1. The van der Waals surface area contributed by atoms with Crippen molar-refractivity contribution in [2.45, 2.75) is 28.8 Å². The van der Waals surface area contributed by atoms with Crippen molar-refractivity contribution < 1.29 is 0 Å². The van der Waals surface area contributed by atoms with Crippen LogP contribution in [-0.2, 0) is 0 Å². The fraction of sp³-hybridized carbons (Fsp3) is 0.115. The normalized spacial score (nSPS) is 13.4. The molecule has 6 heteroatoms. The Kier molecular flexibility index (Phi) is 4.85. The average Bonchev–Trinajstić information content (AvgIpc) is 3.58. The standard InChI is InChI=1S/C26H21N5S/c1-2-7-18(8-3-1)22-15-24(28-25-16-23(30-31-25)19-10-11-19)29-26(27-22)32-21-13-12-17-6-4-5-9-20(17)14-21/h1-9,12-16,19H,10-11H2,(H2,27,28,29,30,31).